The molecule has 6 heteroatoms. The fraction of sp³-hybridized carbons (Fsp3) is 0.636. The molecule has 2 atom stereocenters. The van der Waals surface area contributed by atoms with Gasteiger partial charge in [-0.25, -0.2) is 0 Å². The van der Waals surface area contributed by atoms with E-state index in [0.717, 1.165) is 11.5 Å². The van der Waals surface area contributed by atoms with E-state index >= 15 is 0 Å². The number of morpholine rings is 1. The summed E-state index contributed by atoms with van der Waals surface area (Å²) in [7, 11) is 0. The average Bonchev–Trinajstić information content (AvgIpc) is 2.63. The molecule has 0 bridgehead atoms. The van der Waals surface area contributed by atoms with Gasteiger partial charge >= 0.3 is 0 Å². The molecule has 1 aromatic rings. The van der Waals surface area contributed by atoms with Gasteiger partial charge in [-0.15, -0.1) is 0 Å². The lowest BCUT2D eigenvalue weighted by atomic mass is 10.1. The van der Waals surface area contributed by atoms with Gasteiger partial charge in [-0.3, -0.25) is 9.69 Å². The van der Waals surface area contributed by atoms with Crippen LogP contribution in [0.4, 0.5) is 0 Å². The maximum Gasteiger partial charge on any atom is 0.237 e. The molecule has 94 valence electrons. The summed E-state index contributed by atoms with van der Waals surface area (Å²) >= 11 is 0. The smallest absolute Gasteiger partial charge is 0.237 e. The molecule has 0 aromatic carbocycles. The summed E-state index contributed by atoms with van der Waals surface area (Å²) in [4.78, 5) is 13.4. The van der Waals surface area contributed by atoms with Gasteiger partial charge in [0.25, 0.3) is 0 Å². The van der Waals surface area contributed by atoms with Gasteiger partial charge in [0.2, 0.25) is 5.91 Å². The number of ether oxygens (including phenoxy) is 1. The molecule has 0 spiro atoms. The molecular weight excluding hydrogens is 222 g/mol. The topological polar surface area (TPSA) is 81.6 Å². The second-order valence-corrected chi connectivity index (χ2v) is 4.32. The number of aromatic nitrogens is 1. The molecule has 0 unspecified atom stereocenters. The highest BCUT2D eigenvalue weighted by atomic mass is 16.5. The summed E-state index contributed by atoms with van der Waals surface area (Å²) in [6.45, 7) is 5.52. The number of carbonyl (C=O) groups excluding carboxylic acids is 1. The number of primary amides is 1. The number of rotatable bonds is 3. The predicted octanol–water partition coefficient (Wildman–Crippen LogP) is 0.0576. The van der Waals surface area contributed by atoms with Crippen LogP contribution < -0.4 is 5.73 Å². The molecule has 1 aliphatic heterocycles. The zero-order valence-corrected chi connectivity index (χ0v) is 10.0. The predicted molar refractivity (Wildman–Crippen MR) is 60.0 cm³/mol. The minimum atomic E-state index is -0.402. The summed E-state index contributed by atoms with van der Waals surface area (Å²) in [5.74, 6) is 0.398. The molecule has 17 heavy (non-hydrogen) atoms. The third-order valence-corrected chi connectivity index (χ3v) is 2.93. The van der Waals surface area contributed by atoms with Crippen molar-refractivity contribution in [1.29, 1.82) is 0 Å². The van der Waals surface area contributed by atoms with Crippen molar-refractivity contribution in [1.82, 2.24) is 10.1 Å². The number of nitrogens with two attached hydrogens (primary N) is 1. The van der Waals surface area contributed by atoms with Crippen LogP contribution in [0.2, 0.25) is 0 Å². The van der Waals surface area contributed by atoms with Crippen molar-refractivity contribution in [2.24, 2.45) is 5.73 Å². The molecule has 2 rings (SSSR count). The van der Waals surface area contributed by atoms with E-state index in [0.29, 0.717) is 19.7 Å². The Morgan fingerprint density at radius 2 is 2.47 bits per heavy atom. The van der Waals surface area contributed by atoms with E-state index in [-0.39, 0.29) is 12.0 Å². The number of aryl methyl sites for hydroxylation is 1. The fourth-order valence-electron chi connectivity index (χ4n) is 2.17. The van der Waals surface area contributed by atoms with Crippen molar-refractivity contribution < 1.29 is 14.1 Å². The second kappa shape index (κ2) is 4.85. The highest BCUT2D eigenvalue weighted by Gasteiger charge is 2.34. The molecule has 2 N–H and O–H groups in total. The quantitative estimate of drug-likeness (QED) is 0.806. The normalized spacial score (nSPS) is 26.0. The van der Waals surface area contributed by atoms with E-state index in [1.54, 1.807) is 0 Å². The van der Waals surface area contributed by atoms with Gasteiger partial charge in [0.1, 0.15) is 11.8 Å². The van der Waals surface area contributed by atoms with Crippen LogP contribution in [0, 0.1) is 6.92 Å². The maximum absolute atomic E-state index is 11.4. The summed E-state index contributed by atoms with van der Waals surface area (Å²) in [5.41, 5.74) is 6.21. The van der Waals surface area contributed by atoms with Crippen LogP contribution in [-0.4, -0.2) is 41.3 Å². The first kappa shape index (κ1) is 12.1. The van der Waals surface area contributed by atoms with Crippen molar-refractivity contribution in [3.8, 4) is 0 Å². The van der Waals surface area contributed by atoms with Crippen molar-refractivity contribution in [3.63, 3.8) is 0 Å². The molecule has 1 amide bonds. The van der Waals surface area contributed by atoms with E-state index in [1.165, 1.54) is 0 Å². The van der Waals surface area contributed by atoms with E-state index in [2.05, 4.69) is 5.16 Å². The minimum absolute atomic E-state index is 0.186. The minimum Gasteiger partial charge on any atom is -0.375 e. The summed E-state index contributed by atoms with van der Waals surface area (Å²) in [5, 5.41) is 3.92. The first-order valence-corrected chi connectivity index (χ1v) is 5.65. The third kappa shape index (κ3) is 2.65. The van der Waals surface area contributed by atoms with Gasteiger partial charge < -0.3 is 15.0 Å². The van der Waals surface area contributed by atoms with Crippen LogP contribution in [0.15, 0.2) is 10.6 Å². The molecular formula is C11H17N3O3. The zero-order chi connectivity index (χ0) is 12.4. The lowest BCUT2D eigenvalue weighted by Gasteiger charge is -2.37. The molecule has 2 heterocycles. The van der Waals surface area contributed by atoms with Crippen LogP contribution in [0.3, 0.4) is 0 Å². The van der Waals surface area contributed by atoms with Crippen LogP contribution in [0.1, 0.15) is 18.4 Å². The van der Waals surface area contributed by atoms with E-state index in [4.69, 9.17) is 15.0 Å². The number of hydrogen-bond donors (Lipinski definition) is 1. The van der Waals surface area contributed by atoms with Crippen LogP contribution in [-0.2, 0) is 16.1 Å². The fourth-order valence-corrected chi connectivity index (χ4v) is 2.17. The summed E-state index contributed by atoms with van der Waals surface area (Å²) in [6.07, 6.45) is -0.186. The van der Waals surface area contributed by atoms with E-state index in [1.807, 2.05) is 24.8 Å². The number of hydrogen-bond acceptors (Lipinski definition) is 5. The van der Waals surface area contributed by atoms with Crippen LogP contribution >= 0.6 is 0 Å². The molecule has 1 fully saturated rings. The lowest BCUT2D eigenvalue weighted by Crippen LogP contribution is -2.56. The monoisotopic (exact) mass is 239 g/mol. The second-order valence-electron chi connectivity index (χ2n) is 4.32. The van der Waals surface area contributed by atoms with Crippen molar-refractivity contribution in [2.75, 3.05) is 13.2 Å². The summed E-state index contributed by atoms with van der Waals surface area (Å²) in [6, 6.07) is 1.46. The van der Waals surface area contributed by atoms with Crippen LogP contribution in [0.25, 0.3) is 0 Å². The van der Waals surface area contributed by atoms with Gasteiger partial charge in [-0.05, 0) is 13.8 Å². The highest BCUT2D eigenvalue weighted by Crippen LogP contribution is 2.17. The van der Waals surface area contributed by atoms with Gasteiger partial charge in [-0.1, -0.05) is 5.16 Å². The Bertz CT molecular complexity index is 404. The largest absolute Gasteiger partial charge is 0.375 e. The Labute approximate surface area is 99.7 Å². The Hall–Kier alpha value is -1.40. The van der Waals surface area contributed by atoms with Gasteiger partial charge in [0, 0.05) is 19.2 Å². The highest BCUT2D eigenvalue weighted by molar-refractivity contribution is 5.80. The van der Waals surface area contributed by atoms with Gasteiger partial charge in [0.05, 0.1) is 18.4 Å². The first-order valence-electron chi connectivity index (χ1n) is 5.65. The van der Waals surface area contributed by atoms with E-state index in [9.17, 15) is 4.79 Å². The number of carbonyl (C=O) groups is 1. The Morgan fingerprint density at radius 1 is 1.71 bits per heavy atom. The SMILES string of the molecule is Cc1cc(CN2CCO[C@H](C)[C@H]2C(N)=O)no1. The lowest BCUT2D eigenvalue weighted by molar-refractivity contribution is -0.136. The van der Waals surface area contributed by atoms with Crippen molar-refractivity contribution in [3.05, 3.63) is 17.5 Å². The number of nitrogens with zero attached hydrogens (tertiary/aromatic N) is 2. The molecule has 1 aromatic heterocycles. The van der Waals surface area contributed by atoms with Crippen molar-refractivity contribution >= 4 is 5.91 Å². The van der Waals surface area contributed by atoms with Gasteiger partial charge in [0.15, 0.2) is 0 Å². The number of amides is 1. The summed E-state index contributed by atoms with van der Waals surface area (Å²) < 4.78 is 10.4. The Balaban J connectivity index is 2.09. The van der Waals surface area contributed by atoms with Crippen molar-refractivity contribution in [2.45, 2.75) is 32.5 Å². The first-order chi connectivity index (χ1) is 8.08. The molecule has 6 nitrogen and oxygen atoms in total. The van der Waals surface area contributed by atoms with Crippen LogP contribution in [0.5, 0.6) is 0 Å². The molecule has 0 aliphatic carbocycles. The van der Waals surface area contributed by atoms with Gasteiger partial charge in [-0.2, -0.15) is 0 Å². The average molecular weight is 239 g/mol. The zero-order valence-electron chi connectivity index (χ0n) is 10.0. The molecule has 1 aliphatic rings. The maximum atomic E-state index is 11.4. The molecule has 0 radical (unpaired) electrons. The van der Waals surface area contributed by atoms with E-state index < -0.39 is 6.04 Å². The molecule has 1 saturated heterocycles. The molecule has 0 saturated carbocycles. The standard InChI is InChI=1S/C11H17N3O3/c1-7-5-9(13-17-7)6-14-3-4-16-8(2)10(14)11(12)15/h5,8,10H,3-4,6H2,1-2H3,(H2,12,15)/t8-,10+/m1/s1. The Morgan fingerprint density at radius 3 is 3.06 bits per heavy atom. The third-order valence-electron chi connectivity index (χ3n) is 2.93. The Kier molecular flexibility index (Phi) is 3.44.